The van der Waals surface area contributed by atoms with E-state index in [0.717, 1.165) is 71.9 Å². The molecule has 26 heteroatoms. The Bertz CT molecular complexity index is 6100. The summed E-state index contributed by atoms with van der Waals surface area (Å²) in [6, 6.07) is 66.2. The number of fused-ring (bicyclic) bond motifs is 6. The van der Waals surface area contributed by atoms with Gasteiger partial charge >= 0.3 is 0 Å². The van der Waals surface area contributed by atoms with Crippen molar-refractivity contribution >= 4 is 112 Å². The third-order valence-corrected chi connectivity index (χ3v) is 17.1. The molecule has 0 amide bonds. The number of ether oxygens (including phenoxy) is 7. The summed E-state index contributed by atoms with van der Waals surface area (Å²) < 4.78 is 40.0. The highest BCUT2D eigenvalue weighted by Gasteiger charge is 2.20. The number of methoxy groups -OCH3 is 2. The van der Waals surface area contributed by atoms with Crippen LogP contribution in [0.4, 0.5) is 34.9 Å². The van der Waals surface area contributed by atoms with Crippen LogP contribution in [0.2, 0.25) is 5.02 Å². The fourth-order valence-corrected chi connectivity index (χ4v) is 12.1. The highest BCUT2D eigenvalue weighted by molar-refractivity contribution is 6.30. The summed E-state index contributed by atoms with van der Waals surface area (Å²) in [5.74, 6) is 14.0. The number of hydrogen-bond donors (Lipinski definition) is 6. The predicted molar refractivity (Wildman–Crippen MR) is 455 cm³/mol. The Labute approximate surface area is 665 Å². The molecule has 0 saturated carbocycles. The number of nitrogens with zero attached hydrogens (tertiary/aromatic N) is 12. The maximum atomic E-state index is 6.06. The van der Waals surface area contributed by atoms with Crippen molar-refractivity contribution in [2.45, 2.75) is 94.1 Å². The number of anilines is 6. The van der Waals surface area contributed by atoms with Gasteiger partial charge in [-0.15, -0.1) is 0 Å². The topological polar surface area (TPSA) is 375 Å². The Kier molecular flexibility index (Phi) is 25.4. The standard InChI is InChI=1S/C19H21N3O.C16H15N3O2.C15H12ClN3O.C15H13N3O.C13H17N3O.C10H11N3O/c1-12-21-15-6-5-7-16(17(15)18(20)22-12)23-14-10-8-13(9-11-14)19(2,3)4;1-10-18-11-6-5-9-14(15(11)16(17)19-10)21-13-8-4-3-7-12(13)20-2;1-9-18-12-3-2-4-13(14(12)15(17)19-9)20-11-7-5-10(16)6-8-11;1-10-17-12-8-5-9-13(14(12)15(16)18-10)19-11-6-3-2-4-7-11;1-8-15-9-6-5-7-10(17-13(2,3)4)11(9)12(14)16-8;1-6-12-7-4-3-5-8(14-2)9(7)10(11)13-6/h5-11H,1-4H3,(H2,20,21,22);3-9H,1-2H3,(H2,17,18,19);2-8H,1H3,(H2,17,18,19);2-9H,1H3,(H2,16,17,18);5-7H,1-4H3,(H2,14,15,16);3-5H,1-2H3,(H2,11,12,13). The van der Waals surface area contributed by atoms with Gasteiger partial charge in [0.15, 0.2) is 11.5 Å². The molecule has 0 radical (unpaired) electrons. The van der Waals surface area contributed by atoms with E-state index in [2.05, 4.69) is 92.7 Å². The third-order valence-electron chi connectivity index (χ3n) is 16.8. The zero-order valence-electron chi connectivity index (χ0n) is 65.8. The van der Waals surface area contributed by atoms with Crippen molar-refractivity contribution in [3.63, 3.8) is 0 Å². The van der Waals surface area contributed by atoms with Crippen molar-refractivity contribution in [3.8, 4) is 63.2 Å². The summed E-state index contributed by atoms with van der Waals surface area (Å²) in [4.78, 5) is 51.2. The van der Waals surface area contributed by atoms with Gasteiger partial charge in [0, 0.05) is 5.02 Å². The molecule has 114 heavy (non-hydrogen) atoms. The van der Waals surface area contributed by atoms with Crippen LogP contribution in [-0.4, -0.2) is 79.6 Å². The molecule has 6 aromatic heterocycles. The average Bonchev–Trinajstić information content (AvgIpc) is 0.767. The normalized spacial score (nSPS) is 11.0. The molecule has 0 fully saturated rings. The van der Waals surface area contributed by atoms with Gasteiger partial charge in [-0.3, -0.25) is 0 Å². The molecule has 0 atom stereocenters. The molecular formula is C88H89ClN18O7. The molecular weight excluding hydrogens is 1460 g/mol. The van der Waals surface area contributed by atoms with Gasteiger partial charge in [-0.1, -0.05) is 111 Å². The SMILES string of the molecule is COc1cccc2nc(C)nc(N)c12.COc1ccccc1Oc1cccc2nc(C)nc(N)c12.Cc1nc(N)c2c(OC(C)(C)C)cccc2n1.Cc1nc(N)c2c(Oc3ccc(C(C)(C)C)cc3)cccc2n1.Cc1nc(N)c2c(Oc3ccc(Cl)cc3)cccc2n1.Cc1nc(N)c2c(Oc3ccccc3)cccc2n1. The highest BCUT2D eigenvalue weighted by atomic mass is 35.5. The van der Waals surface area contributed by atoms with E-state index >= 15 is 0 Å². The number of benzene rings is 10. The third kappa shape index (κ3) is 20.5. The minimum absolute atomic E-state index is 0.119. The fraction of sp³-hybridized carbons (Fsp3) is 0.182. The Hall–Kier alpha value is -14.1. The van der Waals surface area contributed by atoms with Crippen molar-refractivity contribution in [3.05, 3.63) is 258 Å². The van der Waals surface area contributed by atoms with Crippen LogP contribution in [0.5, 0.6) is 63.2 Å². The van der Waals surface area contributed by atoms with Gasteiger partial charge in [-0.25, -0.2) is 59.8 Å². The van der Waals surface area contributed by atoms with E-state index in [9.17, 15) is 0 Å². The summed E-state index contributed by atoms with van der Waals surface area (Å²) >= 11 is 5.86. The smallest absolute Gasteiger partial charge is 0.169 e. The number of para-hydroxylation sites is 3. The minimum atomic E-state index is -0.272. The van der Waals surface area contributed by atoms with Gasteiger partial charge in [0.25, 0.3) is 0 Å². The van der Waals surface area contributed by atoms with Gasteiger partial charge in [0.2, 0.25) is 0 Å². The van der Waals surface area contributed by atoms with E-state index in [1.165, 1.54) is 5.56 Å². The zero-order valence-corrected chi connectivity index (χ0v) is 66.5. The number of rotatable bonds is 11. The largest absolute Gasteiger partial charge is 0.496 e. The van der Waals surface area contributed by atoms with Crippen molar-refractivity contribution in [2.24, 2.45) is 0 Å². The van der Waals surface area contributed by atoms with E-state index < -0.39 is 0 Å². The van der Waals surface area contributed by atoms with Crippen molar-refractivity contribution in [2.75, 3.05) is 48.6 Å². The van der Waals surface area contributed by atoms with Gasteiger partial charge in [0.05, 0.1) is 79.6 Å². The van der Waals surface area contributed by atoms with Crippen LogP contribution in [0.15, 0.2) is 212 Å². The van der Waals surface area contributed by atoms with E-state index in [-0.39, 0.29) is 11.0 Å². The number of nitrogens with two attached hydrogens (primary N) is 6. The van der Waals surface area contributed by atoms with Crippen LogP contribution in [-0.2, 0) is 5.41 Å². The van der Waals surface area contributed by atoms with Crippen LogP contribution in [0, 0.1) is 41.5 Å². The average molecular weight is 1550 g/mol. The van der Waals surface area contributed by atoms with E-state index in [4.69, 9.17) is 79.2 Å². The molecule has 16 rings (SSSR count). The van der Waals surface area contributed by atoms with E-state index in [0.29, 0.717) is 132 Å². The number of nitrogen functional groups attached to an aromatic ring is 6. The molecule has 0 aliphatic rings. The molecule has 10 aromatic carbocycles. The number of aromatic nitrogens is 12. The summed E-state index contributed by atoms with van der Waals surface area (Å²) in [5.41, 5.74) is 41.6. The van der Waals surface area contributed by atoms with Gasteiger partial charge < -0.3 is 67.6 Å². The van der Waals surface area contributed by atoms with Crippen molar-refractivity contribution < 1.29 is 33.2 Å². The molecule has 0 unspecified atom stereocenters. The number of hydrogen-bond acceptors (Lipinski definition) is 25. The van der Waals surface area contributed by atoms with Crippen LogP contribution in [0.1, 0.15) is 82.1 Å². The lowest BCUT2D eigenvalue weighted by Crippen LogP contribution is -2.23. The fourth-order valence-electron chi connectivity index (χ4n) is 11.9. The molecule has 0 aliphatic heterocycles. The first-order chi connectivity index (χ1) is 54.5. The maximum Gasteiger partial charge on any atom is 0.169 e. The lowest BCUT2D eigenvalue weighted by molar-refractivity contribution is 0.133. The summed E-state index contributed by atoms with van der Waals surface area (Å²) in [6.45, 7) is 23.5. The van der Waals surface area contributed by atoms with Crippen LogP contribution >= 0.6 is 11.6 Å². The summed E-state index contributed by atoms with van der Waals surface area (Å²) in [5, 5.41) is 5.14. The van der Waals surface area contributed by atoms with Crippen LogP contribution in [0.3, 0.4) is 0 Å². The highest BCUT2D eigenvalue weighted by Crippen LogP contribution is 2.40. The zero-order chi connectivity index (χ0) is 81.5. The molecule has 0 saturated heterocycles. The molecule has 6 heterocycles. The lowest BCUT2D eigenvalue weighted by Gasteiger charge is -2.22. The molecule has 0 bridgehead atoms. The second kappa shape index (κ2) is 35.7. The number of aryl methyl sites for hydroxylation is 6. The van der Waals surface area contributed by atoms with Crippen LogP contribution in [0.25, 0.3) is 65.4 Å². The Morgan fingerprint density at radius 1 is 0.254 bits per heavy atom. The van der Waals surface area contributed by atoms with Gasteiger partial charge in [0.1, 0.15) is 127 Å². The first-order valence-electron chi connectivity index (χ1n) is 36.1. The number of halogens is 1. The second-order valence-electron chi connectivity index (χ2n) is 27.9. The minimum Gasteiger partial charge on any atom is -0.496 e. The molecule has 580 valence electrons. The molecule has 0 aliphatic carbocycles. The van der Waals surface area contributed by atoms with Gasteiger partial charge in [-0.05, 0) is 207 Å². The monoisotopic (exact) mass is 1540 g/mol. The summed E-state index contributed by atoms with van der Waals surface area (Å²) in [6.07, 6.45) is 0. The molecule has 0 spiro atoms. The lowest BCUT2D eigenvalue weighted by atomic mass is 9.87. The Morgan fingerprint density at radius 2 is 0.509 bits per heavy atom. The maximum absolute atomic E-state index is 6.06. The predicted octanol–water partition coefficient (Wildman–Crippen LogP) is 19.4. The Balaban J connectivity index is 0.000000136. The van der Waals surface area contributed by atoms with Crippen molar-refractivity contribution in [1.82, 2.24) is 59.8 Å². The molecule has 16 aromatic rings. The van der Waals surface area contributed by atoms with Crippen molar-refractivity contribution in [1.29, 1.82) is 0 Å². The van der Waals surface area contributed by atoms with E-state index in [1.54, 1.807) is 38.5 Å². The first kappa shape index (κ1) is 80.9. The van der Waals surface area contributed by atoms with Gasteiger partial charge in [-0.2, -0.15) is 0 Å². The first-order valence-corrected chi connectivity index (χ1v) is 36.5. The molecule has 25 nitrogen and oxygen atoms in total. The summed E-state index contributed by atoms with van der Waals surface area (Å²) in [7, 11) is 3.21. The molecule has 12 N–H and O–H groups in total. The van der Waals surface area contributed by atoms with E-state index in [1.807, 2.05) is 238 Å². The van der Waals surface area contributed by atoms with Crippen LogP contribution < -0.4 is 67.6 Å². The Morgan fingerprint density at radius 3 is 0.825 bits per heavy atom. The quantitative estimate of drug-likeness (QED) is 0.0700. The second-order valence-corrected chi connectivity index (χ2v) is 28.3.